The number of pyridine rings is 1. The van der Waals surface area contributed by atoms with Gasteiger partial charge in [-0.1, -0.05) is 0 Å². The summed E-state index contributed by atoms with van der Waals surface area (Å²) in [5, 5.41) is 2.08. The van der Waals surface area contributed by atoms with Gasteiger partial charge in [-0.2, -0.15) is 0 Å². The lowest BCUT2D eigenvalue weighted by atomic mass is 10.1. The molecule has 0 aliphatic carbocycles. The summed E-state index contributed by atoms with van der Waals surface area (Å²) in [7, 11) is 0. The normalized spacial score (nSPS) is 16.3. The van der Waals surface area contributed by atoms with Crippen molar-refractivity contribution in [3.8, 4) is 11.6 Å². The maximum atomic E-state index is 5.94. The van der Waals surface area contributed by atoms with Crippen LogP contribution in [-0.2, 0) is 4.74 Å². The summed E-state index contributed by atoms with van der Waals surface area (Å²) in [5.74, 6) is 1.54. The number of hydrogen-bond donors (Lipinski definition) is 0. The Bertz CT molecular complexity index is 676. The van der Waals surface area contributed by atoms with E-state index in [2.05, 4.69) is 9.88 Å². The zero-order valence-corrected chi connectivity index (χ0v) is 14.7. The minimum atomic E-state index is -0.269. The molecule has 2 aromatic rings. The Morgan fingerprint density at radius 3 is 2.71 bits per heavy atom. The van der Waals surface area contributed by atoms with Crippen molar-refractivity contribution in [2.75, 3.05) is 39.5 Å². The predicted octanol–water partition coefficient (Wildman–Crippen LogP) is 3.12. The third kappa shape index (κ3) is 4.58. The van der Waals surface area contributed by atoms with Crippen molar-refractivity contribution in [1.82, 2.24) is 9.88 Å². The fourth-order valence-corrected chi connectivity index (χ4v) is 2.71. The number of benzene rings is 1. The van der Waals surface area contributed by atoms with Crippen molar-refractivity contribution in [2.45, 2.75) is 26.4 Å². The van der Waals surface area contributed by atoms with E-state index in [0.717, 1.165) is 49.4 Å². The molecule has 0 unspecified atom stereocenters. The van der Waals surface area contributed by atoms with Crippen molar-refractivity contribution in [3.05, 3.63) is 30.5 Å². The molecule has 2 heterocycles. The first kappa shape index (κ1) is 17.0. The van der Waals surface area contributed by atoms with Crippen LogP contribution >= 0.6 is 0 Å². The largest absolute Gasteiger partial charge is 0.492 e. The summed E-state index contributed by atoms with van der Waals surface area (Å²) in [6, 6.07) is 8.04. The molecular formula is C19H26N2O3. The minimum absolute atomic E-state index is 0.269. The van der Waals surface area contributed by atoms with Crippen LogP contribution in [0.2, 0.25) is 0 Å². The molecule has 5 heteroatoms. The quantitative estimate of drug-likeness (QED) is 0.843. The molecule has 1 aliphatic heterocycles. The van der Waals surface area contributed by atoms with Crippen LogP contribution in [0.4, 0.5) is 0 Å². The third-order valence-corrected chi connectivity index (χ3v) is 3.88. The van der Waals surface area contributed by atoms with Crippen molar-refractivity contribution in [3.63, 3.8) is 0 Å². The summed E-state index contributed by atoms with van der Waals surface area (Å²) in [5.41, 5.74) is -0.269. The van der Waals surface area contributed by atoms with E-state index < -0.39 is 0 Å². The first-order valence-electron chi connectivity index (χ1n) is 8.52. The standard InChI is InChI=1S/C19H26N2O3/c1-19(2,3)24-18-17-5-4-16(14-15(17)6-7-20-18)23-13-10-21-8-11-22-12-9-21/h4-7,14H,8-13H2,1-3H3. The molecule has 1 saturated heterocycles. The maximum absolute atomic E-state index is 5.94. The highest BCUT2D eigenvalue weighted by Gasteiger charge is 2.15. The lowest BCUT2D eigenvalue weighted by Crippen LogP contribution is -2.38. The Labute approximate surface area is 143 Å². The van der Waals surface area contributed by atoms with Crippen molar-refractivity contribution >= 4 is 10.8 Å². The van der Waals surface area contributed by atoms with E-state index in [1.807, 2.05) is 45.0 Å². The third-order valence-electron chi connectivity index (χ3n) is 3.88. The molecule has 1 aliphatic rings. The van der Waals surface area contributed by atoms with Gasteiger partial charge in [-0.3, -0.25) is 4.90 Å². The molecule has 0 spiro atoms. The lowest BCUT2D eigenvalue weighted by molar-refractivity contribution is 0.0322. The fraction of sp³-hybridized carbons (Fsp3) is 0.526. The van der Waals surface area contributed by atoms with Gasteiger partial charge in [0.25, 0.3) is 0 Å². The molecule has 5 nitrogen and oxygen atoms in total. The zero-order valence-electron chi connectivity index (χ0n) is 14.7. The van der Waals surface area contributed by atoms with Gasteiger partial charge in [-0.05, 0) is 50.4 Å². The number of hydrogen-bond acceptors (Lipinski definition) is 5. The summed E-state index contributed by atoms with van der Waals surface area (Å²) in [6.45, 7) is 11.3. The number of rotatable bonds is 5. The van der Waals surface area contributed by atoms with Crippen LogP contribution in [0, 0.1) is 0 Å². The summed E-state index contributed by atoms with van der Waals surface area (Å²) < 4.78 is 17.2. The van der Waals surface area contributed by atoms with Crippen molar-refractivity contribution in [2.24, 2.45) is 0 Å². The van der Waals surface area contributed by atoms with Gasteiger partial charge < -0.3 is 14.2 Å². The number of fused-ring (bicyclic) bond motifs is 1. The Morgan fingerprint density at radius 2 is 1.96 bits per heavy atom. The van der Waals surface area contributed by atoms with Gasteiger partial charge in [0.05, 0.1) is 13.2 Å². The highest BCUT2D eigenvalue weighted by atomic mass is 16.5. The first-order chi connectivity index (χ1) is 11.5. The second-order valence-electron chi connectivity index (χ2n) is 7.02. The Balaban J connectivity index is 1.65. The number of nitrogens with zero attached hydrogens (tertiary/aromatic N) is 2. The van der Waals surface area contributed by atoms with Crippen LogP contribution in [0.5, 0.6) is 11.6 Å². The lowest BCUT2D eigenvalue weighted by Gasteiger charge is -2.26. The van der Waals surface area contributed by atoms with E-state index in [4.69, 9.17) is 14.2 Å². The average Bonchev–Trinajstić information content (AvgIpc) is 2.54. The summed E-state index contributed by atoms with van der Waals surface area (Å²) in [4.78, 5) is 6.73. The van der Waals surface area contributed by atoms with E-state index in [9.17, 15) is 0 Å². The minimum Gasteiger partial charge on any atom is -0.492 e. The molecule has 130 valence electrons. The van der Waals surface area contributed by atoms with Crippen LogP contribution in [0.25, 0.3) is 10.8 Å². The van der Waals surface area contributed by atoms with Gasteiger partial charge in [0, 0.05) is 31.2 Å². The molecule has 3 rings (SSSR count). The number of ether oxygens (including phenoxy) is 3. The molecule has 0 N–H and O–H groups in total. The molecule has 1 fully saturated rings. The molecule has 0 bridgehead atoms. The molecular weight excluding hydrogens is 304 g/mol. The molecule has 0 atom stereocenters. The molecule has 0 amide bonds. The molecule has 0 radical (unpaired) electrons. The number of aromatic nitrogens is 1. The van der Waals surface area contributed by atoms with Crippen LogP contribution in [0.3, 0.4) is 0 Å². The van der Waals surface area contributed by atoms with Gasteiger partial charge in [0.2, 0.25) is 5.88 Å². The van der Waals surface area contributed by atoms with Crippen LogP contribution in [-0.4, -0.2) is 54.9 Å². The topological polar surface area (TPSA) is 43.8 Å². The average molecular weight is 330 g/mol. The van der Waals surface area contributed by atoms with Crippen LogP contribution < -0.4 is 9.47 Å². The Hall–Kier alpha value is -1.85. The predicted molar refractivity (Wildman–Crippen MR) is 94.9 cm³/mol. The van der Waals surface area contributed by atoms with Crippen molar-refractivity contribution < 1.29 is 14.2 Å². The van der Waals surface area contributed by atoms with Gasteiger partial charge in [-0.25, -0.2) is 4.98 Å². The number of morpholine rings is 1. The molecule has 24 heavy (non-hydrogen) atoms. The monoisotopic (exact) mass is 330 g/mol. The molecule has 1 aromatic carbocycles. The van der Waals surface area contributed by atoms with E-state index in [0.29, 0.717) is 12.5 Å². The van der Waals surface area contributed by atoms with Crippen LogP contribution in [0.1, 0.15) is 20.8 Å². The van der Waals surface area contributed by atoms with E-state index in [1.54, 1.807) is 6.20 Å². The van der Waals surface area contributed by atoms with Gasteiger partial charge >= 0.3 is 0 Å². The SMILES string of the molecule is CC(C)(C)Oc1nccc2cc(OCCN3CCOCC3)ccc12. The molecule has 1 aromatic heterocycles. The van der Waals surface area contributed by atoms with E-state index >= 15 is 0 Å². The molecule has 0 saturated carbocycles. The smallest absolute Gasteiger partial charge is 0.221 e. The Morgan fingerprint density at radius 1 is 1.17 bits per heavy atom. The van der Waals surface area contributed by atoms with Crippen molar-refractivity contribution in [1.29, 1.82) is 0 Å². The van der Waals surface area contributed by atoms with Gasteiger partial charge in [0.1, 0.15) is 18.0 Å². The maximum Gasteiger partial charge on any atom is 0.221 e. The Kier molecular flexibility index (Phi) is 5.21. The highest BCUT2D eigenvalue weighted by Crippen LogP contribution is 2.29. The van der Waals surface area contributed by atoms with Gasteiger partial charge in [-0.15, -0.1) is 0 Å². The highest BCUT2D eigenvalue weighted by molar-refractivity contribution is 5.87. The van der Waals surface area contributed by atoms with E-state index in [1.165, 1.54) is 0 Å². The first-order valence-corrected chi connectivity index (χ1v) is 8.52. The van der Waals surface area contributed by atoms with E-state index in [-0.39, 0.29) is 5.60 Å². The second-order valence-corrected chi connectivity index (χ2v) is 7.02. The second kappa shape index (κ2) is 7.36. The van der Waals surface area contributed by atoms with Gasteiger partial charge in [0.15, 0.2) is 0 Å². The zero-order chi connectivity index (χ0) is 17.0. The van der Waals surface area contributed by atoms with Crippen LogP contribution in [0.15, 0.2) is 30.5 Å². The summed E-state index contributed by atoms with van der Waals surface area (Å²) >= 11 is 0. The fourth-order valence-electron chi connectivity index (χ4n) is 2.71. The summed E-state index contributed by atoms with van der Waals surface area (Å²) in [6.07, 6.45) is 1.78.